The first kappa shape index (κ1) is 14.5. The normalized spacial score (nSPS) is 11.3. The molecule has 0 aliphatic rings. The summed E-state index contributed by atoms with van der Waals surface area (Å²) in [5.41, 5.74) is 2.35. The van der Waals surface area contributed by atoms with Gasteiger partial charge in [0, 0.05) is 5.69 Å². The second-order valence-corrected chi connectivity index (χ2v) is 6.26. The van der Waals surface area contributed by atoms with Gasteiger partial charge in [-0.25, -0.2) is 13.4 Å². The number of hydrogen-bond donors (Lipinski definition) is 2. The van der Waals surface area contributed by atoms with Crippen LogP contribution in [0.1, 0.15) is 16.8 Å². The molecule has 0 bridgehead atoms. The standard InChI is InChI=1S/C14H16N2O3S/c1-10-7-11(2)15-14(8-10)16-20(18,19)13-5-3-12(9-17)4-6-13/h3-8,17H,9H2,1-2H3,(H,15,16). The monoisotopic (exact) mass is 292 g/mol. The number of sulfonamides is 1. The van der Waals surface area contributed by atoms with Crippen molar-refractivity contribution in [3.05, 3.63) is 53.2 Å². The van der Waals surface area contributed by atoms with Crippen LogP contribution in [0.3, 0.4) is 0 Å². The minimum atomic E-state index is -3.67. The first-order valence-electron chi connectivity index (χ1n) is 6.08. The van der Waals surface area contributed by atoms with Gasteiger partial charge in [-0.15, -0.1) is 0 Å². The maximum atomic E-state index is 12.2. The van der Waals surface area contributed by atoms with Gasteiger partial charge in [0.15, 0.2) is 0 Å². The highest BCUT2D eigenvalue weighted by atomic mass is 32.2. The lowest BCUT2D eigenvalue weighted by Crippen LogP contribution is -2.14. The molecule has 5 nitrogen and oxygen atoms in total. The molecule has 0 aliphatic carbocycles. The first-order valence-corrected chi connectivity index (χ1v) is 7.57. The molecule has 0 atom stereocenters. The Bertz CT molecular complexity index is 689. The Balaban J connectivity index is 2.30. The lowest BCUT2D eigenvalue weighted by molar-refractivity contribution is 0.282. The van der Waals surface area contributed by atoms with Crippen LogP contribution in [-0.2, 0) is 16.6 Å². The molecule has 2 aromatic rings. The summed E-state index contributed by atoms with van der Waals surface area (Å²) >= 11 is 0. The molecule has 1 heterocycles. The predicted molar refractivity (Wildman–Crippen MR) is 76.9 cm³/mol. The average Bonchev–Trinajstić information content (AvgIpc) is 2.37. The Kier molecular flexibility index (Phi) is 4.06. The van der Waals surface area contributed by atoms with E-state index < -0.39 is 10.0 Å². The van der Waals surface area contributed by atoms with E-state index in [1.807, 2.05) is 13.0 Å². The topological polar surface area (TPSA) is 79.3 Å². The van der Waals surface area contributed by atoms with Crippen LogP contribution in [0.15, 0.2) is 41.3 Å². The zero-order valence-corrected chi connectivity index (χ0v) is 12.1. The molecule has 0 amide bonds. The van der Waals surface area contributed by atoms with E-state index in [2.05, 4.69) is 9.71 Å². The maximum Gasteiger partial charge on any atom is 0.263 e. The van der Waals surface area contributed by atoms with Crippen molar-refractivity contribution in [2.45, 2.75) is 25.3 Å². The fourth-order valence-electron chi connectivity index (χ4n) is 1.86. The second-order valence-electron chi connectivity index (χ2n) is 4.58. The van der Waals surface area contributed by atoms with E-state index in [9.17, 15) is 8.42 Å². The Morgan fingerprint density at radius 2 is 1.80 bits per heavy atom. The highest BCUT2D eigenvalue weighted by molar-refractivity contribution is 7.92. The van der Waals surface area contributed by atoms with Crippen molar-refractivity contribution >= 4 is 15.8 Å². The van der Waals surface area contributed by atoms with Gasteiger partial charge in [0.1, 0.15) is 5.82 Å². The first-order chi connectivity index (χ1) is 9.40. The van der Waals surface area contributed by atoms with Crippen molar-refractivity contribution in [1.29, 1.82) is 0 Å². The van der Waals surface area contributed by atoms with Crippen LogP contribution in [0, 0.1) is 13.8 Å². The molecule has 106 valence electrons. The summed E-state index contributed by atoms with van der Waals surface area (Å²) in [5.74, 6) is 0.300. The van der Waals surface area contributed by atoms with Crippen LogP contribution in [0.5, 0.6) is 0 Å². The Hall–Kier alpha value is -1.92. The van der Waals surface area contributed by atoms with Crippen LogP contribution < -0.4 is 4.72 Å². The minimum absolute atomic E-state index is 0.119. The summed E-state index contributed by atoms with van der Waals surface area (Å²) in [4.78, 5) is 4.28. The molecule has 2 rings (SSSR count). The number of aliphatic hydroxyl groups excluding tert-OH is 1. The third-order valence-electron chi connectivity index (χ3n) is 2.75. The summed E-state index contributed by atoms with van der Waals surface area (Å²) in [5, 5.41) is 8.95. The third kappa shape index (κ3) is 3.34. The molecule has 2 N–H and O–H groups in total. The summed E-state index contributed by atoms with van der Waals surface area (Å²) in [6, 6.07) is 9.60. The van der Waals surface area contributed by atoms with E-state index in [-0.39, 0.29) is 11.5 Å². The summed E-state index contributed by atoms with van der Waals surface area (Å²) in [6.07, 6.45) is 0. The molecular weight excluding hydrogens is 276 g/mol. The molecule has 0 saturated carbocycles. The van der Waals surface area contributed by atoms with Gasteiger partial charge in [-0.2, -0.15) is 0 Å². The van der Waals surface area contributed by atoms with Gasteiger partial charge < -0.3 is 5.11 Å². The van der Waals surface area contributed by atoms with Crippen LogP contribution in [0.4, 0.5) is 5.82 Å². The maximum absolute atomic E-state index is 12.2. The molecule has 0 radical (unpaired) electrons. The van der Waals surface area contributed by atoms with Gasteiger partial charge in [0.05, 0.1) is 11.5 Å². The Labute approximate surface area is 118 Å². The zero-order chi connectivity index (χ0) is 14.8. The zero-order valence-electron chi connectivity index (χ0n) is 11.3. The summed E-state index contributed by atoms with van der Waals surface area (Å²) in [6.45, 7) is 3.57. The molecule has 6 heteroatoms. The van der Waals surface area contributed by atoms with Crippen LogP contribution >= 0.6 is 0 Å². The molecule has 0 spiro atoms. The van der Waals surface area contributed by atoms with Crippen molar-refractivity contribution in [2.75, 3.05) is 4.72 Å². The quantitative estimate of drug-likeness (QED) is 0.903. The number of pyridine rings is 1. The molecule has 0 unspecified atom stereocenters. The number of nitrogens with one attached hydrogen (secondary N) is 1. The number of aryl methyl sites for hydroxylation is 2. The lowest BCUT2D eigenvalue weighted by Gasteiger charge is -2.09. The van der Waals surface area contributed by atoms with Crippen molar-refractivity contribution < 1.29 is 13.5 Å². The van der Waals surface area contributed by atoms with Crippen LogP contribution in [0.25, 0.3) is 0 Å². The van der Waals surface area contributed by atoms with Gasteiger partial charge >= 0.3 is 0 Å². The molecule has 1 aromatic heterocycles. The van der Waals surface area contributed by atoms with E-state index in [0.717, 1.165) is 11.3 Å². The van der Waals surface area contributed by atoms with Crippen LogP contribution in [0.2, 0.25) is 0 Å². The van der Waals surface area contributed by atoms with Gasteiger partial charge in [0.2, 0.25) is 0 Å². The number of hydrogen-bond acceptors (Lipinski definition) is 4. The molecule has 0 aliphatic heterocycles. The number of rotatable bonds is 4. The molecular formula is C14H16N2O3S. The lowest BCUT2D eigenvalue weighted by atomic mass is 10.2. The highest BCUT2D eigenvalue weighted by Gasteiger charge is 2.15. The van der Waals surface area contributed by atoms with E-state index in [4.69, 9.17) is 5.11 Å². The molecule has 0 fully saturated rings. The largest absolute Gasteiger partial charge is 0.392 e. The SMILES string of the molecule is Cc1cc(C)nc(NS(=O)(=O)c2ccc(CO)cc2)c1. The van der Waals surface area contributed by atoms with Gasteiger partial charge in [0.25, 0.3) is 10.0 Å². The number of anilines is 1. The van der Waals surface area contributed by atoms with Crippen molar-refractivity contribution in [1.82, 2.24) is 4.98 Å². The number of aromatic nitrogens is 1. The van der Waals surface area contributed by atoms with E-state index in [0.29, 0.717) is 11.4 Å². The number of benzene rings is 1. The van der Waals surface area contributed by atoms with E-state index in [1.54, 1.807) is 25.1 Å². The van der Waals surface area contributed by atoms with Crippen molar-refractivity contribution in [3.63, 3.8) is 0 Å². The second kappa shape index (κ2) is 5.60. The van der Waals surface area contributed by atoms with Crippen molar-refractivity contribution in [2.24, 2.45) is 0 Å². The van der Waals surface area contributed by atoms with E-state index in [1.165, 1.54) is 12.1 Å². The Morgan fingerprint density at radius 3 is 2.35 bits per heavy atom. The van der Waals surface area contributed by atoms with Gasteiger partial charge in [-0.05, 0) is 49.2 Å². The summed E-state index contributed by atoms with van der Waals surface area (Å²) < 4.78 is 26.9. The van der Waals surface area contributed by atoms with Crippen LogP contribution in [-0.4, -0.2) is 18.5 Å². The predicted octanol–water partition coefficient (Wildman–Crippen LogP) is 1.99. The third-order valence-corrected chi connectivity index (χ3v) is 4.12. The highest BCUT2D eigenvalue weighted by Crippen LogP contribution is 2.16. The van der Waals surface area contributed by atoms with Gasteiger partial charge in [-0.1, -0.05) is 12.1 Å². The average molecular weight is 292 g/mol. The number of nitrogens with zero attached hydrogens (tertiary/aromatic N) is 1. The fraction of sp³-hybridized carbons (Fsp3) is 0.214. The number of aliphatic hydroxyl groups is 1. The van der Waals surface area contributed by atoms with E-state index >= 15 is 0 Å². The van der Waals surface area contributed by atoms with Gasteiger partial charge in [-0.3, -0.25) is 4.72 Å². The smallest absolute Gasteiger partial charge is 0.263 e. The summed E-state index contributed by atoms with van der Waals surface area (Å²) in [7, 11) is -3.67. The Morgan fingerprint density at radius 1 is 1.15 bits per heavy atom. The van der Waals surface area contributed by atoms with Crippen molar-refractivity contribution in [3.8, 4) is 0 Å². The molecule has 20 heavy (non-hydrogen) atoms. The fourth-order valence-corrected chi connectivity index (χ4v) is 2.86. The molecule has 1 aromatic carbocycles. The molecule has 0 saturated heterocycles. The minimum Gasteiger partial charge on any atom is -0.392 e.